The van der Waals surface area contributed by atoms with Crippen LogP contribution in [0.15, 0.2) is 18.2 Å². The molecular formula is C16H20FNO6. The first-order valence-electron chi connectivity index (χ1n) is 7.24. The molecule has 0 unspecified atom stereocenters. The Balaban J connectivity index is 2.64. The van der Waals surface area contributed by atoms with Crippen LogP contribution in [0.4, 0.5) is 4.39 Å². The number of aliphatic carboxylic acids is 1. The number of hydrogen-bond donors (Lipinski definition) is 1. The molecule has 132 valence electrons. The Morgan fingerprint density at radius 3 is 2.46 bits per heavy atom. The molecule has 1 aromatic carbocycles. The van der Waals surface area contributed by atoms with Crippen molar-refractivity contribution in [1.82, 2.24) is 4.90 Å². The quantitative estimate of drug-likeness (QED) is 0.646. The second kappa shape index (κ2) is 9.61. The van der Waals surface area contributed by atoms with E-state index in [9.17, 15) is 18.8 Å². The van der Waals surface area contributed by atoms with Gasteiger partial charge < -0.3 is 19.5 Å². The number of rotatable bonds is 10. The highest BCUT2D eigenvalue weighted by atomic mass is 19.1. The summed E-state index contributed by atoms with van der Waals surface area (Å²) in [7, 11) is 2.75. The molecule has 0 bridgehead atoms. The van der Waals surface area contributed by atoms with Gasteiger partial charge in [0.05, 0.1) is 13.7 Å². The van der Waals surface area contributed by atoms with Gasteiger partial charge in [-0.25, -0.2) is 4.39 Å². The average Bonchev–Trinajstić information content (AvgIpc) is 2.55. The van der Waals surface area contributed by atoms with Crippen molar-refractivity contribution >= 4 is 17.7 Å². The molecule has 24 heavy (non-hydrogen) atoms. The topological polar surface area (TPSA) is 93.1 Å². The van der Waals surface area contributed by atoms with Crippen molar-refractivity contribution in [3.05, 3.63) is 29.6 Å². The third-order valence-electron chi connectivity index (χ3n) is 3.28. The molecule has 0 aliphatic carbocycles. The van der Waals surface area contributed by atoms with Crippen molar-refractivity contribution in [2.24, 2.45) is 0 Å². The number of Topliss-reactive ketones (excluding diaryl/α,β-unsaturated/α-hetero) is 1. The van der Waals surface area contributed by atoms with Gasteiger partial charge in [-0.05, 0) is 18.2 Å². The fraction of sp³-hybridized carbons (Fsp3) is 0.438. The molecule has 7 nitrogen and oxygen atoms in total. The van der Waals surface area contributed by atoms with E-state index in [0.29, 0.717) is 0 Å². The van der Waals surface area contributed by atoms with Gasteiger partial charge in [0.25, 0.3) is 0 Å². The van der Waals surface area contributed by atoms with E-state index in [1.807, 2.05) is 0 Å². The number of amides is 1. The summed E-state index contributed by atoms with van der Waals surface area (Å²) in [5.41, 5.74) is 0.128. The molecule has 0 saturated carbocycles. The van der Waals surface area contributed by atoms with Crippen molar-refractivity contribution in [3.8, 4) is 5.75 Å². The zero-order chi connectivity index (χ0) is 18.1. The smallest absolute Gasteiger partial charge is 0.323 e. The molecule has 1 amide bonds. The number of halogens is 1. The van der Waals surface area contributed by atoms with Crippen LogP contribution in [0.2, 0.25) is 0 Å². The first-order valence-corrected chi connectivity index (χ1v) is 7.24. The van der Waals surface area contributed by atoms with Gasteiger partial charge in [-0.2, -0.15) is 0 Å². The summed E-state index contributed by atoms with van der Waals surface area (Å²) in [6, 6.07) is 3.79. The molecule has 0 radical (unpaired) electrons. The van der Waals surface area contributed by atoms with Crippen LogP contribution in [0.1, 0.15) is 23.2 Å². The summed E-state index contributed by atoms with van der Waals surface area (Å²) >= 11 is 0. The number of benzene rings is 1. The fourth-order valence-electron chi connectivity index (χ4n) is 2.02. The Bertz CT molecular complexity index is 604. The normalized spacial score (nSPS) is 10.3. The number of carbonyl (C=O) groups excluding carboxylic acids is 2. The summed E-state index contributed by atoms with van der Waals surface area (Å²) in [6.07, 6.45) is -0.308. The van der Waals surface area contributed by atoms with Crippen LogP contribution in [0, 0.1) is 5.82 Å². The largest absolute Gasteiger partial charge is 0.494 e. The molecule has 1 rings (SSSR count). The van der Waals surface area contributed by atoms with Crippen LogP contribution in [0.3, 0.4) is 0 Å². The number of carboxylic acid groups (broad SMARTS) is 1. The minimum absolute atomic E-state index is 0.0230. The Labute approximate surface area is 139 Å². The van der Waals surface area contributed by atoms with Crippen LogP contribution in [0.5, 0.6) is 5.75 Å². The standard InChI is InChI=1S/C16H20FNO6/c1-23-8-7-18(10-16(21)22)15(20)6-4-13(19)11-3-5-14(24-2)12(17)9-11/h3,5,9H,4,6-8,10H2,1-2H3,(H,21,22). The fourth-order valence-corrected chi connectivity index (χ4v) is 2.02. The van der Waals surface area contributed by atoms with E-state index in [4.69, 9.17) is 14.6 Å². The van der Waals surface area contributed by atoms with Gasteiger partial charge in [-0.15, -0.1) is 0 Å². The maximum absolute atomic E-state index is 13.6. The molecule has 0 aliphatic rings. The molecule has 0 aromatic heterocycles. The Morgan fingerprint density at radius 1 is 1.21 bits per heavy atom. The van der Waals surface area contributed by atoms with Gasteiger partial charge in [0.15, 0.2) is 17.3 Å². The van der Waals surface area contributed by atoms with Crippen LogP contribution >= 0.6 is 0 Å². The molecule has 0 atom stereocenters. The number of carboxylic acids is 1. The molecular weight excluding hydrogens is 321 g/mol. The van der Waals surface area contributed by atoms with Crippen molar-refractivity contribution in [1.29, 1.82) is 0 Å². The van der Waals surface area contributed by atoms with Crippen LogP contribution in [-0.2, 0) is 14.3 Å². The lowest BCUT2D eigenvalue weighted by Gasteiger charge is -2.20. The SMILES string of the molecule is COCCN(CC(=O)O)C(=O)CCC(=O)c1ccc(OC)c(F)c1. The second-order valence-electron chi connectivity index (χ2n) is 4.97. The zero-order valence-electron chi connectivity index (χ0n) is 13.6. The van der Waals surface area contributed by atoms with E-state index in [-0.39, 0.29) is 37.3 Å². The minimum atomic E-state index is -1.15. The Kier molecular flexibility index (Phi) is 7.84. The molecule has 0 fully saturated rings. The van der Waals surface area contributed by atoms with Crippen molar-refractivity contribution in [2.75, 3.05) is 33.9 Å². The molecule has 1 aromatic rings. The van der Waals surface area contributed by atoms with E-state index >= 15 is 0 Å². The van der Waals surface area contributed by atoms with E-state index < -0.39 is 30.0 Å². The Hall–Kier alpha value is -2.48. The predicted octanol–water partition coefficient (Wildman–Crippen LogP) is 1.36. The van der Waals surface area contributed by atoms with Gasteiger partial charge in [0.1, 0.15) is 6.54 Å². The third-order valence-corrected chi connectivity index (χ3v) is 3.28. The predicted molar refractivity (Wildman–Crippen MR) is 82.6 cm³/mol. The molecule has 0 heterocycles. The molecule has 0 aliphatic heterocycles. The summed E-state index contributed by atoms with van der Waals surface area (Å²) in [5, 5.41) is 8.81. The van der Waals surface area contributed by atoms with Gasteiger partial charge in [-0.1, -0.05) is 0 Å². The highest BCUT2D eigenvalue weighted by Gasteiger charge is 2.18. The number of ether oxygens (including phenoxy) is 2. The van der Waals surface area contributed by atoms with Crippen molar-refractivity contribution in [2.45, 2.75) is 12.8 Å². The van der Waals surface area contributed by atoms with E-state index in [1.54, 1.807) is 0 Å². The highest BCUT2D eigenvalue weighted by Crippen LogP contribution is 2.19. The molecule has 1 N–H and O–H groups in total. The number of carbonyl (C=O) groups is 3. The lowest BCUT2D eigenvalue weighted by Crippen LogP contribution is -2.38. The van der Waals surface area contributed by atoms with Gasteiger partial charge >= 0.3 is 5.97 Å². The van der Waals surface area contributed by atoms with Crippen LogP contribution in [-0.4, -0.2) is 61.6 Å². The highest BCUT2D eigenvalue weighted by molar-refractivity contribution is 5.98. The molecule has 0 saturated heterocycles. The lowest BCUT2D eigenvalue weighted by molar-refractivity contribution is -0.144. The summed E-state index contributed by atoms with van der Waals surface area (Å²) in [5.74, 6) is -2.68. The maximum Gasteiger partial charge on any atom is 0.323 e. The van der Waals surface area contributed by atoms with Gasteiger partial charge in [0.2, 0.25) is 5.91 Å². The minimum Gasteiger partial charge on any atom is -0.494 e. The monoisotopic (exact) mass is 341 g/mol. The Morgan fingerprint density at radius 2 is 1.92 bits per heavy atom. The second-order valence-corrected chi connectivity index (χ2v) is 4.97. The van der Waals surface area contributed by atoms with Crippen LogP contribution in [0.25, 0.3) is 0 Å². The van der Waals surface area contributed by atoms with E-state index in [2.05, 4.69) is 0 Å². The van der Waals surface area contributed by atoms with Gasteiger partial charge in [-0.3, -0.25) is 14.4 Å². The average molecular weight is 341 g/mol. The number of ketones is 1. The van der Waals surface area contributed by atoms with Gasteiger partial charge in [0, 0.05) is 32.1 Å². The number of hydrogen-bond acceptors (Lipinski definition) is 5. The lowest BCUT2D eigenvalue weighted by atomic mass is 10.1. The molecule has 0 spiro atoms. The third kappa shape index (κ3) is 5.96. The van der Waals surface area contributed by atoms with Crippen LogP contribution < -0.4 is 4.74 Å². The van der Waals surface area contributed by atoms with Crippen molar-refractivity contribution in [3.63, 3.8) is 0 Å². The number of methoxy groups -OCH3 is 2. The van der Waals surface area contributed by atoms with E-state index in [1.165, 1.54) is 26.4 Å². The summed E-state index contributed by atoms with van der Waals surface area (Å²) in [6.45, 7) is -0.156. The first-order chi connectivity index (χ1) is 11.4. The summed E-state index contributed by atoms with van der Waals surface area (Å²) < 4.78 is 23.2. The first kappa shape index (κ1) is 19.6. The number of nitrogens with zero attached hydrogens (tertiary/aromatic N) is 1. The van der Waals surface area contributed by atoms with Crippen molar-refractivity contribution < 1.29 is 33.4 Å². The maximum atomic E-state index is 13.6. The van der Waals surface area contributed by atoms with E-state index in [0.717, 1.165) is 11.0 Å². The zero-order valence-corrected chi connectivity index (χ0v) is 13.6. The molecule has 8 heteroatoms. The summed E-state index contributed by atoms with van der Waals surface area (Å²) in [4.78, 5) is 36.0.